The van der Waals surface area contributed by atoms with Gasteiger partial charge in [0, 0.05) is 13.6 Å². The Balaban J connectivity index is 2.22. The van der Waals surface area contributed by atoms with E-state index in [1.165, 1.54) is 4.31 Å². The monoisotopic (exact) mass is 347 g/mol. The molecule has 0 N–H and O–H groups in total. The van der Waals surface area contributed by atoms with Gasteiger partial charge >= 0.3 is 0 Å². The van der Waals surface area contributed by atoms with Crippen molar-refractivity contribution in [3.63, 3.8) is 0 Å². The molecule has 0 radical (unpaired) electrons. The van der Waals surface area contributed by atoms with E-state index >= 15 is 0 Å². The van der Waals surface area contributed by atoms with E-state index < -0.39 is 10.0 Å². The van der Waals surface area contributed by atoms with Crippen LogP contribution in [0.4, 0.5) is 0 Å². The van der Waals surface area contributed by atoms with E-state index in [-0.39, 0.29) is 5.41 Å². The van der Waals surface area contributed by atoms with Gasteiger partial charge in [-0.3, -0.25) is 0 Å². The summed E-state index contributed by atoms with van der Waals surface area (Å²) in [5.41, 5.74) is 1.98. The Morgan fingerprint density at radius 3 is 2.21 bits per heavy atom. The molecule has 0 bridgehead atoms. The molecule has 130 valence electrons. The average molecular weight is 347 g/mol. The highest BCUT2D eigenvalue weighted by molar-refractivity contribution is 7.89. The molecular formula is C19H25NO3S. The molecule has 2 aromatic rings. The van der Waals surface area contributed by atoms with Crippen LogP contribution in [0.3, 0.4) is 0 Å². The second kappa shape index (κ2) is 6.95. The first kappa shape index (κ1) is 18.5. The Bertz CT molecular complexity index is 790. The van der Waals surface area contributed by atoms with E-state index in [1.54, 1.807) is 26.3 Å². The second-order valence-corrected chi connectivity index (χ2v) is 8.93. The minimum absolute atomic E-state index is 0.00517. The molecule has 0 unspecified atom stereocenters. The highest BCUT2D eigenvalue weighted by atomic mass is 32.2. The van der Waals surface area contributed by atoms with Crippen LogP contribution in [0.25, 0.3) is 0 Å². The van der Waals surface area contributed by atoms with Crippen molar-refractivity contribution in [2.24, 2.45) is 0 Å². The maximum Gasteiger partial charge on any atom is 0.243 e. The fourth-order valence-corrected chi connectivity index (χ4v) is 3.58. The van der Waals surface area contributed by atoms with Crippen LogP contribution in [0.2, 0.25) is 0 Å². The molecule has 24 heavy (non-hydrogen) atoms. The summed E-state index contributed by atoms with van der Waals surface area (Å²) in [7, 11) is -0.343. The first-order valence-electron chi connectivity index (χ1n) is 7.84. The van der Waals surface area contributed by atoms with Crippen molar-refractivity contribution < 1.29 is 13.2 Å². The molecule has 0 amide bonds. The van der Waals surface area contributed by atoms with Crippen molar-refractivity contribution in [3.05, 3.63) is 59.7 Å². The zero-order valence-electron chi connectivity index (χ0n) is 14.9. The van der Waals surface area contributed by atoms with Gasteiger partial charge in [0.05, 0.1) is 12.0 Å². The normalized spacial score (nSPS) is 12.4. The van der Waals surface area contributed by atoms with Gasteiger partial charge < -0.3 is 4.74 Å². The molecule has 4 nitrogen and oxygen atoms in total. The SMILES string of the molecule is COc1cccc(CN(C)S(=O)(=O)c2ccc(C(C)(C)C)cc2)c1. The molecule has 0 aliphatic rings. The number of rotatable bonds is 5. The molecular weight excluding hydrogens is 322 g/mol. The largest absolute Gasteiger partial charge is 0.497 e. The molecule has 2 rings (SSSR count). The minimum Gasteiger partial charge on any atom is -0.497 e. The first-order valence-corrected chi connectivity index (χ1v) is 9.28. The number of ether oxygens (including phenoxy) is 1. The molecule has 0 heterocycles. The van der Waals surface area contributed by atoms with E-state index in [1.807, 2.05) is 36.4 Å². The maximum absolute atomic E-state index is 12.7. The zero-order valence-corrected chi connectivity index (χ0v) is 15.7. The van der Waals surface area contributed by atoms with Gasteiger partial charge in [-0.15, -0.1) is 0 Å². The molecule has 0 aliphatic heterocycles. The van der Waals surface area contributed by atoms with Gasteiger partial charge in [0.15, 0.2) is 0 Å². The number of benzene rings is 2. The van der Waals surface area contributed by atoms with Gasteiger partial charge in [0.2, 0.25) is 10.0 Å². The lowest BCUT2D eigenvalue weighted by atomic mass is 9.87. The molecule has 0 fully saturated rings. The highest BCUT2D eigenvalue weighted by Crippen LogP contribution is 2.25. The third kappa shape index (κ3) is 4.16. The van der Waals surface area contributed by atoms with Gasteiger partial charge in [-0.25, -0.2) is 8.42 Å². The number of hydrogen-bond acceptors (Lipinski definition) is 3. The number of methoxy groups -OCH3 is 1. The lowest BCUT2D eigenvalue weighted by Gasteiger charge is -2.21. The quantitative estimate of drug-likeness (QED) is 0.826. The van der Waals surface area contributed by atoms with Gasteiger partial charge in [-0.1, -0.05) is 45.0 Å². The molecule has 0 aromatic heterocycles. The predicted octanol–water partition coefficient (Wildman–Crippen LogP) is 3.81. The fraction of sp³-hybridized carbons (Fsp3) is 0.368. The summed E-state index contributed by atoms with van der Waals surface area (Å²) in [6.07, 6.45) is 0. The molecule has 0 atom stereocenters. The van der Waals surface area contributed by atoms with Crippen molar-refractivity contribution in [1.82, 2.24) is 4.31 Å². The van der Waals surface area contributed by atoms with Crippen molar-refractivity contribution in [2.75, 3.05) is 14.2 Å². The predicted molar refractivity (Wildman–Crippen MR) is 96.8 cm³/mol. The molecule has 5 heteroatoms. The average Bonchev–Trinajstić information content (AvgIpc) is 2.54. The molecule has 2 aromatic carbocycles. The van der Waals surface area contributed by atoms with Gasteiger partial charge in [-0.2, -0.15) is 4.31 Å². The zero-order chi connectivity index (χ0) is 18.0. The van der Waals surface area contributed by atoms with Crippen molar-refractivity contribution >= 4 is 10.0 Å². The fourth-order valence-electron chi connectivity index (χ4n) is 2.42. The van der Waals surface area contributed by atoms with Crippen LogP contribution in [0.15, 0.2) is 53.4 Å². The maximum atomic E-state index is 12.7. The van der Waals surface area contributed by atoms with Crippen LogP contribution < -0.4 is 4.74 Å². The standard InChI is InChI=1S/C19H25NO3S/c1-19(2,3)16-9-11-18(12-10-16)24(21,22)20(4)14-15-7-6-8-17(13-15)23-5/h6-13H,14H2,1-5H3. The first-order chi connectivity index (χ1) is 11.1. The van der Waals surface area contributed by atoms with E-state index in [4.69, 9.17) is 4.74 Å². The molecule has 0 aliphatic carbocycles. The Morgan fingerprint density at radius 1 is 1.04 bits per heavy atom. The number of nitrogens with zero attached hydrogens (tertiary/aromatic N) is 1. The smallest absolute Gasteiger partial charge is 0.243 e. The number of hydrogen-bond donors (Lipinski definition) is 0. The van der Waals surface area contributed by atoms with Crippen molar-refractivity contribution in [1.29, 1.82) is 0 Å². The Kier molecular flexibility index (Phi) is 5.35. The van der Waals surface area contributed by atoms with Gasteiger partial charge in [0.1, 0.15) is 5.75 Å². The van der Waals surface area contributed by atoms with Gasteiger partial charge in [-0.05, 0) is 40.8 Å². The Labute approximate surface area is 145 Å². The van der Waals surface area contributed by atoms with Crippen LogP contribution in [0, 0.1) is 0 Å². The van der Waals surface area contributed by atoms with E-state index in [2.05, 4.69) is 20.8 Å². The van der Waals surface area contributed by atoms with Crippen molar-refractivity contribution in [3.8, 4) is 5.75 Å². The van der Waals surface area contributed by atoms with Crippen LogP contribution in [-0.4, -0.2) is 26.9 Å². The minimum atomic E-state index is -3.53. The summed E-state index contributed by atoms with van der Waals surface area (Å²) in [6.45, 7) is 6.60. The van der Waals surface area contributed by atoms with E-state index in [9.17, 15) is 8.42 Å². The molecule has 0 saturated heterocycles. The van der Waals surface area contributed by atoms with Crippen LogP contribution in [0.1, 0.15) is 31.9 Å². The summed E-state index contributed by atoms with van der Waals surface area (Å²) in [6, 6.07) is 14.5. The highest BCUT2D eigenvalue weighted by Gasteiger charge is 2.22. The van der Waals surface area contributed by atoms with Crippen LogP contribution in [0.5, 0.6) is 5.75 Å². The van der Waals surface area contributed by atoms with Crippen LogP contribution >= 0.6 is 0 Å². The van der Waals surface area contributed by atoms with E-state index in [0.717, 1.165) is 11.1 Å². The van der Waals surface area contributed by atoms with Crippen LogP contribution in [-0.2, 0) is 22.0 Å². The lowest BCUT2D eigenvalue weighted by molar-refractivity contribution is 0.412. The molecule has 0 spiro atoms. The van der Waals surface area contributed by atoms with Crippen molar-refractivity contribution in [2.45, 2.75) is 37.6 Å². The third-order valence-electron chi connectivity index (χ3n) is 3.97. The molecule has 0 saturated carbocycles. The second-order valence-electron chi connectivity index (χ2n) is 6.89. The summed E-state index contributed by atoms with van der Waals surface area (Å²) in [4.78, 5) is 0.306. The Morgan fingerprint density at radius 2 is 1.67 bits per heavy atom. The third-order valence-corrected chi connectivity index (χ3v) is 5.79. The summed E-state index contributed by atoms with van der Waals surface area (Å²) >= 11 is 0. The lowest BCUT2D eigenvalue weighted by Crippen LogP contribution is -2.26. The summed E-state index contributed by atoms with van der Waals surface area (Å²) < 4.78 is 32.0. The summed E-state index contributed by atoms with van der Waals surface area (Å²) in [5, 5.41) is 0. The summed E-state index contributed by atoms with van der Waals surface area (Å²) in [5.74, 6) is 0.716. The topological polar surface area (TPSA) is 46.6 Å². The number of sulfonamides is 1. The van der Waals surface area contributed by atoms with E-state index in [0.29, 0.717) is 17.2 Å². The Hall–Kier alpha value is -1.85. The van der Waals surface area contributed by atoms with Gasteiger partial charge in [0.25, 0.3) is 0 Å².